The van der Waals surface area contributed by atoms with Gasteiger partial charge in [-0.15, -0.1) is 0 Å². The van der Waals surface area contributed by atoms with Crippen LogP contribution in [0.3, 0.4) is 0 Å². The van der Waals surface area contributed by atoms with Crippen LogP contribution in [0.1, 0.15) is 25.8 Å². The van der Waals surface area contributed by atoms with Crippen molar-refractivity contribution >= 4 is 23.2 Å². The van der Waals surface area contributed by atoms with E-state index in [9.17, 15) is 22.8 Å². The van der Waals surface area contributed by atoms with Crippen LogP contribution in [0.25, 0.3) is 0 Å². The van der Waals surface area contributed by atoms with Crippen LogP contribution in [-0.2, 0) is 15.8 Å². The van der Waals surface area contributed by atoms with Crippen molar-refractivity contribution in [1.82, 2.24) is 0 Å². The highest BCUT2D eigenvalue weighted by Crippen LogP contribution is 2.31. The Balaban J connectivity index is 2.08. The quantitative estimate of drug-likeness (QED) is 0.753. The number of alkyl halides is 3. The molecule has 0 aromatic heterocycles. The second-order valence-electron chi connectivity index (χ2n) is 5.95. The summed E-state index contributed by atoms with van der Waals surface area (Å²) in [5.41, 5.74) is -0.279. The highest BCUT2D eigenvalue weighted by atomic mass is 19.4. The van der Waals surface area contributed by atoms with Gasteiger partial charge in [-0.1, -0.05) is 18.2 Å². The monoisotopic (exact) mass is 394 g/mol. The summed E-state index contributed by atoms with van der Waals surface area (Å²) in [5, 5.41) is 2.69. The molecule has 1 N–H and O–H groups in total. The first-order chi connectivity index (χ1) is 13.2. The van der Waals surface area contributed by atoms with E-state index >= 15 is 0 Å². The van der Waals surface area contributed by atoms with E-state index in [1.165, 1.54) is 19.1 Å². The van der Waals surface area contributed by atoms with Crippen molar-refractivity contribution in [1.29, 1.82) is 0 Å². The Morgan fingerprint density at radius 3 is 2.46 bits per heavy atom. The Morgan fingerprint density at radius 1 is 1.11 bits per heavy atom. The molecule has 0 spiro atoms. The van der Waals surface area contributed by atoms with Crippen molar-refractivity contribution in [2.75, 3.05) is 23.4 Å². The molecular weight excluding hydrogens is 373 g/mol. The fourth-order valence-corrected chi connectivity index (χ4v) is 2.60. The van der Waals surface area contributed by atoms with E-state index in [2.05, 4.69) is 5.32 Å². The number of benzene rings is 2. The summed E-state index contributed by atoms with van der Waals surface area (Å²) in [6.45, 7) is 3.43. The van der Waals surface area contributed by atoms with Gasteiger partial charge in [0, 0.05) is 25.6 Å². The van der Waals surface area contributed by atoms with Crippen molar-refractivity contribution in [2.45, 2.75) is 26.4 Å². The van der Waals surface area contributed by atoms with E-state index in [1.807, 2.05) is 6.92 Å². The van der Waals surface area contributed by atoms with Crippen molar-refractivity contribution in [3.8, 4) is 5.75 Å². The van der Waals surface area contributed by atoms with Crippen LogP contribution < -0.4 is 15.0 Å². The van der Waals surface area contributed by atoms with Crippen molar-refractivity contribution < 1.29 is 27.5 Å². The number of para-hydroxylation sites is 2. The maximum Gasteiger partial charge on any atom is 0.416 e. The highest BCUT2D eigenvalue weighted by molar-refractivity contribution is 5.95. The molecule has 0 atom stereocenters. The molecule has 0 saturated heterocycles. The van der Waals surface area contributed by atoms with Gasteiger partial charge in [0.25, 0.3) is 0 Å². The molecule has 0 aliphatic heterocycles. The number of hydrogen-bond donors (Lipinski definition) is 1. The van der Waals surface area contributed by atoms with E-state index in [0.717, 1.165) is 17.0 Å². The molecule has 28 heavy (non-hydrogen) atoms. The molecule has 0 unspecified atom stereocenters. The topological polar surface area (TPSA) is 58.6 Å². The lowest BCUT2D eigenvalue weighted by Crippen LogP contribution is -2.32. The number of amides is 2. The first-order valence-electron chi connectivity index (χ1n) is 8.69. The van der Waals surface area contributed by atoms with E-state index in [-0.39, 0.29) is 24.6 Å². The van der Waals surface area contributed by atoms with Crippen molar-refractivity contribution in [3.05, 3.63) is 54.1 Å². The maximum atomic E-state index is 12.9. The molecule has 0 aliphatic rings. The molecule has 2 amide bonds. The predicted octanol–water partition coefficient (Wildman–Crippen LogP) is 4.49. The van der Waals surface area contributed by atoms with Gasteiger partial charge in [-0.2, -0.15) is 13.2 Å². The van der Waals surface area contributed by atoms with Gasteiger partial charge in [0.05, 0.1) is 17.9 Å². The molecule has 0 aliphatic carbocycles. The molecule has 0 fully saturated rings. The minimum atomic E-state index is -4.52. The number of anilines is 2. The van der Waals surface area contributed by atoms with Crippen molar-refractivity contribution in [2.24, 2.45) is 0 Å². The lowest BCUT2D eigenvalue weighted by atomic mass is 10.1. The third kappa shape index (κ3) is 5.73. The molecule has 2 rings (SSSR count). The minimum absolute atomic E-state index is 0.0563. The zero-order valence-electron chi connectivity index (χ0n) is 15.5. The maximum absolute atomic E-state index is 12.9. The van der Waals surface area contributed by atoms with Gasteiger partial charge in [-0.05, 0) is 37.3 Å². The number of hydrogen-bond acceptors (Lipinski definition) is 3. The fraction of sp³-hybridized carbons (Fsp3) is 0.300. The SMILES string of the molecule is CCOc1ccccc1NC(=O)CCN(C(C)=O)c1cccc(C(F)(F)F)c1. The first-order valence-corrected chi connectivity index (χ1v) is 8.69. The van der Waals surface area contributed by atoms with Crippen LogP contribution in [0.15, 0.2) is 48.5 Å². The van der Waals surface area contributed by atoms with Crippen LogP contribution >= 0.6 is 0 Å². The zero-order chi connectivity index (χ0) is 20.7. The first kappa shape index (κ1) is 21.3. The fourth-order valence-electron chi connectivity index (χ4n) is 2.60. The van der Waals surface area contributed by atoms with Crippen LogP contribution in [0.5, 0.6) is 5.75 Å². The van der Waals surface area contributed by atoms with Gasteiger partial charge in [-0.3, -0.25) is 9.59 Å². The normalized spacial score (nSPS) is 11.0. The number of carbonyl (C=O) groups is 2. The lowest BCUT2D eigenvalue weighted by Gasteiger charge is -2.22. The lowest BCUT2D eigenvalue weighted by molar-refractivity contribution is -0.137. The summed E-state index contributed by atoms with van der Waals surface area (Å²) >= 11 is 0. The smallest absolute Gasteiger partial charge is 0.416 e. The van der Waals surface area contributed by atoms with Crippen LogP contribution in [-0.4, -0.2) is 25.0 Å². The number of nitrogens with zero attached hydrogens (tertiary/aromatic N) is 1. The van der Waals surface area contributed by atoms with Crippen LogP contribution in [0.4, 0.5) is 24.5 Å². The number of halogens is 3. The van der Waals surface area contributed by atoms with E-state index in [0.29, 0.717) is 18.0 Å². The summed E-state index contributed by atoms with van der Waals surface area (Å²) in [5.74, 6) is -0.327. The minimum Gasteiger partial charge on any atom is -0.492 e. The van der Waals surface area contributed by atoms with Gasteiger partial charge in [0.15, 0.2) is 0 Å². The Hall–Kier alpha value is -3.03. The van der Waals surface area contributed by atoms with E-state index in [4.69, 9.17) is 4.74 Å². The molecule has 5 nitrogen and oxygen atoms in total. The average Bonchev–Trinajstić information content (AvgIpc) is 2.63. The Kier molecular flexibility index (Phi) is 7.03. The van der Waals surface area contributed by atoms with E-state index < -0.39 is 17.6 Å². The summed E-state index contributed by atoms with van der Waals surface area (Å²) in [7, 11) is 0. The van der Waals surface area contributed by atoms with Gasteiger partial charge >= 0.3 is 6.18 Å². The molecule has 0 heterocycles. The zero-order valence-corrected chi connectivity index (χ0v) is 15.5. The standard InChI is InChI=1S/C20H21F3N2O3/c1-3-28-18-10-5-4-9-17(18)24-19(27)11-12-25(14(2)26)16-8-6-7-15(13-16)20(21,22)23/h4-10,13H,3,11-12H2,1-2H3,(H,24,27). The molecule has 0 radical (unpaired) electrons. The number of rotatable bonds is 7. The van der Waals surface area contributed by atoms with Gasteiger partial charge < -0.3 is 15.0 Å². The molecule has 8 heteroatoms. The van der Waals surface area contributed by atoms with Gasteiger partial charge in [-0.25, -0.2) is 0 Å². The third-order valence-corrected chi connectivity index (χ3v) is 3.89. The second kappa shape index (κ2) is 9.25. The molecule has 0 bridgehead atoms. The number of ether oxygens (including phenoxy) is 1. The van der Waals surface area contributed by atoms with Gasteiger partial charge in [0.2, 0.25) is 11.8 Å². The summed E-state index contributed by atoms with van der Waals surface area (Å²) in [6.07, 6.45) is -4.60. The molecule has 0 saturated carbocycles. The van der Waals surface area contributed by atoms with Crippen molar-refractivity contribution in [3.63, 3.8) is 0 Å². The molecule has 150 valence electrons. The number of nitrogens with one attached hydrogen (secondary N) is 1. The second-order valence-corrected chi connectivity index (χ2v) is 5.95. The average molecular weight is 394 g/mol. The predicted molar refractivity (Wildman–Crippen MR) is 100 cm³/mol. The number of carbonyl (C=O) groups excluding carboxylic acids is 2. The summed E-state index contributed by atoms with van der Waals surface area (Å²) < 4.78 is 44.2. The molecular formula is C20H21F3N2O3. The molecule has 2 aromatic carbocycles. The van der Waals surface area contributed by atoms with Crippen LogP contribution in [0.2, 0.25) is 0 Å². The Labute approximate surface area is 161 Å². The largest absolute Gasteiger partial charge is 0.492 e. The Morgan fingerprint density at radius 2 is 1.82 bits per heavy atom. The Bertz CT molecular complexity index is 837. The summed E-state index contributed by atoms with van der Waals surface area (Å²) in [6, 6.07) is 11.4. The third-order valence-electron chi connectivity index (χ3n) is 3.89. The van der Waals surface area contributed by atoms with E-state index in [1.54, 1.807) is 24.3 Å². The van der Waals surface area contributed by atoms with Crippen LogP contribution in [0, 0.1) is 0 Å². The van der Waals surface area contributed by atoms with Gasteiger partial charge in [0.1, 0.15) is 5.75 Å². The summed E-state index contributed by atoms with van der Waals surface area (Å²) in [4.78, 5) is 25.3. The highest BCUT2D eigenvalue weighted by Gasteiger charge is 2.31. The molecule has 2 aromatic rings.